The van der Waals surface area contributed by atoms with Crippen LogP contribution < -0.4 is 0 Å². The fraction of sp³-hybridized carbons (Fsp3) is 0. The van der Waals surface area contributed by atoms with Gasteiger partial charge in [-0.2, -0.15) is 0 Å². The molecule has 0 heterocycles. The first kappa shape index (κ1) is 23.3. The predicted octanol–water partition coefficient (Wildman–Crippen LogP) is 11.8. The lowest BCUT2D eigenvalue weighted by Crippen LogP contribution is -1.93. The summed E-state index contributed by atoms with van der Waals surface area (Å²) in [4.78, 5) is 0. The summed E-state index contributed by atoms with van der Waals surface area (Å²) in [5.41, 5.74) is 12.9. The molecule has 8 aromatic carbocycles. The van der Waals surface area contributed by atoms with Gasteiger partial charge < -0.3 is 0 Å². The summed E-state index contributed by atoms with van der Waals surface area (Å²) in [5.74, 6) is 0. The molecule has 0 atom stereocenters. The maximum absolute atomic E-state index is 2.40. The lowest BCUT2D eigenvalue weighted by atomic mass is 9.83. The van der Waals surface area contributed by atoms with Gasteiger partial charge in [-0.15, -0.1) is 0 Å². The van der Waals surface area contributed by atoms with E-state index in [1.54, 1.807) is 0 Å². The number of hydrogen-bond acceptors (Lipinski definition) is 0. The van der Waals surface area contributed by atoms with Crippen LogP contribution in [-0.4, -0.2) is 0 Å². The van der Waals surface area contributed by atoms with Crippen LogP contribution in [0.3, 0.4) is 0 Å². The van der Waals surface area contributed by atoms with Gasteiger partial charge in [0.1, 0.15) is 0 Å². The van der Waals surface area contributed by atoms with E-state index in [0.717, 1.165) is 0 Å². The van der Waals surface area contributed by atoms with Crippen molar-refractivity contribution in [3.8, 4) is 55.6 Å². The van der Waals surface area contributed by atoms with Crippen molar-refractivity contribution < 1.29 is 0 Å². The molecule has 0 aromatic heterocycles. The van der Waals surface area contributed by atoms with Gasteiger partial charge in [0.2, 0.25) is 0 Å². The van der Waals surface area contributed by atoms with Crippen molar-refractivity contribution in [3.05, 3.63) is 158 Å². The van der Waals surface area contributed by atoms with Crippen molar-refractivity contribution in [2.75, 3.05) is 0 Å². The second kappa shape index (κ2) is 9.03. The highest BCUT2D eigenvalue weighted by atomic mass is 14.3. The molecule has 0 radical (unpaired) electrons. The summed E-state index contributed by atoms with van der Waals surface area (Å²) in [6.07, 6.45) is 0. The zero-order chi connectivity index (χ0) is 27.6. The Kier molecular flexibility index (Phi) is 5.00. The highest BCUT2D eigenvalue weighted by Crippen LogP contribution is 2.56. The van der Waals surface area contributed by atoms with Gasteiger partial charge in [0, 0.05) is 0 Å². The monoisotopic (exact) mass is 530 g/mol. The fourth-order valence-corrected chi connectivity index (χ4v) is 7.15. The van der Waals surface area contributed by atoms with Crippen LogP contribution >= 0.6 is 0 Å². The summed E-state index contributed by atoms with van der Waals surface area (Å²) in [6.45, 7) is 0. The van der Waals surface area contributed by atoms with Crippen LogP contribution in [0.5, 0.6) is 0 Å². The molecule has 1 aliphatic rings. The van der Waals surface area contributed by atoms with Gasteiger partial charge in [-0.05, 0) is 100 Å². The van der Waals surface area contributed by atoms with Crippen molar-refractivity contribution >= 4 is 32.3 Å². The molecule has 1 aliphatic carbocycles. The van der Waals surface area contributed by atoms with Crippen molar-refractivity contribution in [1.82, 2.24) is 0 Å². The van der Waals surface area contributed by atoms with Crippen LogP contribution in [0.2, 0.25) is 0 Å². The van der Waals surface area contributed by atoms with Gasteiger partial charge in [-0.3, -0.25) is 0 Å². The van der Waals surface area contributed by atoms with Crippen molar-refractivity contribution in [2.45, 2.75) is 0 Å². The number of fused-ring (bicyclic) bond motifs is 5. The van der Waals surface area contributed by atoms with Gasteiger partial charge in [0.25, 0.3) is 0 Å². The molecule has 0 heteroatoms. The van der Waals surface area contributed by atoms with Crippen LogP contribution in [0.4, 0.5) is 0 Å². The molecule has 42 heavy (non-hydrogen) atoms. The van der Waals surface area contributed by atoms with Crippen molar-refractivity contribution in [1.29, 1.82) is 0 Å². The normalized spacial score (nSPS) is 11.8. The first-order valence-corrected chi connectivity index (χ1v) is 14.6. The van der Waals surface area contributed by atoms with E-state index in [2.05, 4.69) is 158 Å². The predicted molar refractivity (Wildman–Crippen MR) is 180 cm³/mol. The topological polar surface area (TPSA) is 0 Å². The van der Waals surface area contributed by atoms with Crippen LogP contribution in [0, 0.1) is 0 Å². The molecule has 0 saturated heterocycles. The Morgan fingerprint density at radius 2 is 0.762 bits per heavy atom. The summed E-state index contributed by atoms with van der Waals surface area (Å²) in [6, 6.07) is 58.0. The minimum atomic E-state index is 1.24. The number of hydrogen-bond donors (Lipinski definition) is 0. The standard InChI is InChI=1S/C42H26/c1-2-11-28(12-3-1)38-25-30-14-4-5-15-31(30)26-39(38)35-24-23-34(33-20-8-16-27-13-6-7-19-32(27)33)41-36-21-9-17-29-18-10-22-37(40(29)36)42(35)41/h1-26H. The maximum Gasteiger partial charge on any atom is -0.00137 e. The lowest BCUT2D eigenvalue weighted by Gasteiger charge is -2.19. The molecular weight excluding hydrogens is 504 g/mol. The second-order valence-corrected chi connectivity index (χ2v) is 11.3. The highest BCUT2D eigenvalue weighted by Gasteiger charge is 2.28. The maximum atomic E-state index is 2.40. The molecule has 0 amide bonds. The molecule has 194 valence electrons. The van der Waals surface area contributed by atoms with Crippen LogP contribution in [0.1, 0.15) is 0 Å². The molecule has 0 bridgehead atoms. The third-order valence-corrected chi connectivity index (χ3v) is 8.99. The first-order valence-electron chi connectivity index (χ1n) is 14.6. The Bertz CT molecular complexity index is 2330. The highest BCUT2D eigenvalue weighted by molar-refractivity contribution is 6.22. The summed E-state index contributed by atoms with van der Waals surface area (Å²) < 4.78 is 0. The number of benzene rings is 8. The Morgan fingerprint density at radius 3 is 1.45 bits per heavy atom. The molecule has 0 saturated carbocycles. The Hall–Kier alpha value is -5.46. The van der Waals surface area contributed by atoms with Crippen LogP contribution in [-0.2, 0) is 0 Å². The third kappa shape index (κ3) is 3.36. The lowest BCUT2D eigenvalue weighted by molar-refractivity contribution is 1.59. The van der Waals surface area contributed by atoms with E-state index in [0.29, 0.717) is 0 Å². The number of rotatable bonds is 3. The molecule has 0 fully saturated rings. The van der Waals surface area contributed by atoms with Gasteiger partial charge in [-0.1, -0.05) is 146 Å². The van der Waals surface area contributed by atoms with Gasteiger partial charge in [0.05, 0.1) is 0 Å². The van der Waals surface area contributed by atoms with E-state index in [4.69, 9.17) is 0 Å². The smallest absolute Gasteiger partial charge is 0.00137 e. The summed E-state index contributed by atoms with van der Waals surface area (Å²) in [7, 11) is 0. The van der Waals surface area contributed by atoms with E-state index in [9.17, 15) is 0 Å². The van der Waals surface area contributed by atoms with E-state index in [1.165, 1.54) is 88.0 Å². The minimum Gasteiger partial charge on any atom is -0.0622 e. The molecule has 0 nitrogen and oxygen atoms in total. The molecule has 0 N–H and O–H groups in total. The van der Waals surface area contributed by atoms with Crippen LogP contribution in [0.25, 0.3) is 88.0 Å². The van der Waals surface area contributed by atoms with Gasteiger partial charge in [0.15, 0.2) is 0 Å². The Balaban J connectivity index is 1.43. The average molecular weight is 531 g/mol. The van der Waals surface area contributed by atoms with E-state index in [1.807, 2.05) is 0 Å². The molecule has 0 spiro atoms. The molecule has 8 aromatic rings. The minimum absolute atomic E-state index is 1.24. The van der Waals surface area contributed by atoms with Crippen molar-refractivity contribution in [3.63, 3.8) is 0 Å². The van der Waals surface area contributed by atoms with Crippen molar-refractivity contribution in [2.24, 2.45) is 0 Å². The fourth-order valence-electron chi connectivity index (χ4n) is 7.15. The van der Waals surface area contributed by atoms with E-state index >= 15 is 0 Å². The van der Waals surface area contributed by atoms with E-state index < -0.39 is 0 Å². The van der Waals surface area contributed by atoms with E-state index in [-0.39, 0.29) is 0 Å². The van der Waals surface area contributed by atoms with Gasteiger partial charge >= 0.3 is 0 Å². The van der Waals surface area contributed by atoms with Crippen LogP contribution in [0.15, 0.2) is 158 Å². The Morgan fingerprint density at radius 1 is 0.262 bits per heavy atom. The average Bonchev–Trinajstić information content (AvgIpc) is 3.40. The summed E-state index contributed by atoms with van der Waals surface area (Å²) >= 11 is 0. The summed E-state index contributed by atoms with van der Waals surface area (Å²) in [5, 5.41) is 7.71. The zero-order valence-corrected chi connectivity index (χ0v) is 23.0. The molecule has 9 rings (SSSR count). The third-order valence-electron chi connectivity index (χ3n) is 8.99. The quantitative estimate of drug-likeness (QED) is 0.213. The molecule has 0 unspecified atom stereocenters. The second-order valence-electron chi connectivity index (χ2n) is 11.3. The largest absolute Gasteiger partial charge is 0.0622 e. The first-order chi connectivity index (χ1) is 20.8. The SMILES string of the molecule is c1ccc(-c2cc3ccccc3cc2-c2ccc(-c3cccc4ccccc34)c3c2-c2cccc4cccc-3c24)cc1. The Labute approximate surface area is 245 Å². The van der Waals surface area contributed by atoms with Gasteiger partial charge in [-0.25, -0.2) is 0 Å². The zero-order valence-electron chi connectivity index (χ0n) is 23.0. The molecular formula is C42H26. The molecule has 0 aliphatic heterocycles.